The minimum atomic E-state index is -1.06. The first kappa shape index (κ1) is 14.1. The van der Waals surface area contributed by atoms with Crippen molar-refractivity contribution in [3.05, 3.63) is 41.6 Å². The topological polar surface area (TPSA) is 102 Å². The van der Waals surface area contributed by atoms with Gasteiger partial charge in [-0.05, 0) is 48.0 Å². The summed E-state index contributed by atoms with van der Waals surface area (Å²) in [5, 5.41) is 23.2. The quantitative estimate of drug-likeness (QED) is 0.881. The number of benzene rings is 1. The van der Waals surface area contributed by atoms with Crippen LogP contribution >= 0.6 is 0 Å². The fourth-order valence-corrected chi connectivity index (χ4v) is 2.26. The number of tetrazole rings is 1. The lowest BCUT2D eigenvalue weighted by atomic mass is 10.0. The van der Waals surface area contributed by atoms with Gasteiger partial charge in [0.2, 0.25) is 5.95 Å². The maximum absolute atomic E-state index is 11.2. The van der Waals surface area contributed by atoms with Gasteiger partial charge in [0.25, 0.3) is 0 Å². The zero-order valence-electron chi connectivity index (χ0n) is 12.1. The van der Waals surface area contributed by atoms with Gasteiger partial charge in [0.15, 0.2) is 0 Å². The van der Waals surface area contributed by atoms with Gasteiger partial charge in [-0.25, -0.2) is 4.79 Å². The van der Waals surface area contributed by atoms with Gasteiger partial charge in [-0.2, -0.15) is 4.68 Å². The second kappa shape index (κ2) is 5.47. The highest BCUT2D eigenvalue weighted by Gasteiger charge is 2.26. The van der Waals surface area contributed by atoms with Gasteiger partial charge in [0.1, 0.15) is 17.5 Å². The first-order chi connectivity index (χ1) is 10.5. The fraction of sp³-hybridized carbons (Fsp3) is 0.286. The number of aromatic nitrogens is 4. The third-order valence-electron chi connectivity index (χ3n) is 3.13. The van der Waals surface area contributed by atoms with Crippen molar-refractivity contribution in [2.24, 2.45) is 0 Å². The second-order valence-corrected chi connectivity index (χ2v) is 5.14. The summed E-state index contributed by atoms with van der Waals surface area (Å²) in [5.74, 6) is -0.0557. The summed E-state index contributed by atoms with van der Waals surface area (Å²) in [4.78, 5) is 11.2. The molecule has 1 atom stereocenters. The Balaban J connectivity index is 2.01. The molecule has 2 N–H and O–H groups in total. The molecule has 114 valence electrons. The molecule has 3 rings (SSSR count). The Morgan fingerprint density at radius 2 is 2.27 bits per heavy atom. The second-order valence-electron chi connectivity index (χ2n) is 5.14. The van der Waals surface area contributed by atoms with Gasteiger partial charge in [-0.1, -0.05) is 17.2 Å². The van der Waals surface area contributed by atoms with E-state index < -0.39 is 12.0 Å². The Morgan fingerprint density at radius 1 is 1.45 bits per heavy atom. The van der Waals surface area contributed by atoms with E-state index in [1.165, 1.54) is 4.68 Å². The van der Waals surface area contributed by atoms with Crippen LogP contribution in [0.15, 0.2) is 36.0 Å². The van der Waals surface area contributed by atoms with Gasteiger partial charge >= 0.3 is 5.97 Å². The number of carbonyl (C=O) groups is 1. The van der Waals surface area contributed by atoms with Crippen molar-refractivity contribution in [1.29, 1.82) is 0 Å². The van der Waals surface area contributed by atoms with E-state index in [1.807, 2.05) is 38.1 Å². The van der Waals surface area contributed by atoms with Crippen molar-refractivity contribution in [2.45, 2.75) is 26.0 Å². The summed E-state index contributed by atoms with van der Waals surface area (Å²) in [6.45, 7) is 3.89. The summed E-state index contributed by atoms with van der Waals surface area (Å²) >= 11 is 0. The predicted molar refractivity (Wildman–Crippen MR) is 77.5 cm³/mol. The molecule has 0 amide bonds. The minimum absolute atomic E-state index is 0.0440. The number of allylic oxidation sites excluding steroid dienone is 1. The van der Waals surface area contributed by atoms with Crippen molar-refractivity contribution >= 4 is 11.9 Å². The molecule has 8 nitrogen and oxygen atoms in total. The molecule has 0 saturated carbocycles. The average molecular weight is 301 g/mol. The third-order valence-corrected chi connectivity index (χ3v) is 3.13. The van der Waals surface area contributed by atoms with Crippen molar-refractivity contribution in [1.82, 2.24) is 20.2 Å². The molecule has 22 heavy (non-hydrogen) atoms. The molecule has 0 aliphatic carbocycles. The highest BCUT2D eigenvalue weighted by molar-refractivity contribution is 5.90. The number of carboxylic acids is 1. The Kier molecular flexibility index (Phi) is 3.50. The molecular formula is C14H15N5O3. The molecule has 0 radical (unpaired) electrons. The van der Waals surface area contributed by atoms with Crippen LogP contribution < -0.4 is 10.1 Å². The van der Waals surface area contributed by atoms with Crippen LogP contribution in [0, 0.1) is 0 Å². The minimum Gasteiger partial charge on any atom is -0.491 e. The monoisotopic (exact) mass is 301 g/mol. The summed E-state index contributed by atoms with van der Waals surface area (Å²) in [7, 11) is 0. The maximum atomic E-state index is 11.2. The number of anilines is 1. The SMILES string of the molecule is CC(C)Oc1cccc(C2C=C(C(=O)O)Nc3nnnn32)c1. The largest absolute Gasteiger partial charge is 0.491 e. The first-order valence-electron chi connectivity index (χ1n) is 6.81. The maximum Gasteiger partial charge on any atom is 0.352 e. The lowest BCUT2D eigenvalue weighted by Crippen LogP contribution is -2.24. The van der Waals surface area contributed by atoms with E-state index in [4.69, 9.17) is 4.74 Å². The van der Waals surface area contributed by atoms with E-state index in [9.17, 15) is 9.90 Å². The molecule has 1 aliphatic rings. The van der Waals surface area contributed by atoms with E-state index in [1.54, 1.807) is 6.08 Å². The summed E-state index contributed by atoms with van der Waals surface area (Å²) in [6, 6.07) is 7.04. The number of fused-ring (bicyclic) bond motifs is 1. The van der Waals surface area contributed by atoms with Gasteiger partial charge in [-0.15, -0.1) is 0 Å². The number of aliphatic carboxylic acids is 1. The van der Waals surface area contributed by atoms with Crippen molar-refractivity contribution in [3.8, 4) is 5.75 Å². The van der Waals surface area contributed by atoms with Crippen LogP contribution in [0.25, 0.3) is 0 Å². The van der Waals surface area contributed by atoms with Crippen LogP contribution in [0.2, 0.25) is 0 Å². The van der Waals surface area contributed by atoms with Crippen LogP contribution in [-0.4, -0.2) is 37.4 Å². The molecule has 1 aromatic heterocycles. The zero-order valence-corrected chi connectivity index (χ0v) is 12.1. The van der Waals surface area contributed by atoms with Crippen molar-refractivity contribution in [3.63, 3.8) is 0 Å². The number of hydrogen-bond acceptors (Lipinski definition) is 6. The van der Waals surface area contributed by atoms with E-state index in [2.05, 4.69) is 20.8 Å². The first-order valence-corrected chi connectivity index (χ1v) is 6.81. The molecule has 2 heterocycles. The fourth-order valence-electron chi connectivity index (χ4n) is 2.26. The molecule has 0 spiro atoms. The molecule has 2 aromatic rings. The molecule has 1 unspecified atom stereocenters. The number of nitrogens with one attached hydrogen (secondary N) is 1. The number of hydrogen-bond donors (Lipinski definition) is 2. The highest BCUT2D eigenvalue weighted by Crippen LogP contribution is 2.29. The Bertz CT molecular complexity index is 738. The summed E-state index contributed by atoms with van der Waals surface area (Å²) in [5.41, 5.74) is 0.884. The molecule has 1 aromatic carbocycles. The summed E-state index contributed by atoms with van der Waals surface area (Å²) < 4.78 is 7.20. The number of ether oxygens (including phenoxy) is 1. The van der Waals surface area contributed by atoms with Crippen LogP contribution in [-0.2, 0) is 4.79 Å². The summed E-state index contributed by atoms with van der Waals surface area (Å²) in [6.07, 6.45) is 1.62. The Labute approximate surface area is 126 Å². The van der Waals surface area contributed by atoms with E-state index in [-0.39, 0.29) is 11.8 Å². The lowest BCUT2D eigenvalue weighted by molar-refractivity contribution is -0.132. The number of rotatable bonds is 4. The van der Waals surface area contributed by atoms with E-state index >= 15 is 0 Å². The predicted octanol–water partition coefficient (Wildman–Crippen LogP) is 1.44. The van der Waals surface area contributed by atoms with E-state index in [0.717, 1.165) is 5.56 Å². The smallest absolute Gasteiger partial charge is 0.352 e. The molecule has 0 fully saturated rings. The van der Waals surface area contributed by atoms with Crippen LogP contribution in [0.3, 0.4) is 0 Å². The lowest BCUT2D eigenvalue weighted by Gasteiger charge is -2.22. The molecule has 0 bridgehead atoms. The van der Waals surface area contributed by atoms with Gasteiger partial charge < -0.3 is 15.2 Å². The third kappa shape index (κ3) is 2.62. The average Bonchev–Trinajstić information content (AvgIpc) is 2.94. The van der Waals surface area contributed by atoms with Crippen molar-refractivity contribution < 1.29 is 14.6 Å². The van der Waals surface area contributed by atoms with Crippen LogP contribution in [0.5, 0.6) is 5.75 Å². The van der Waals surface area contributed by atoms with Crippen molar-refractivity contribution in [2.75, 3.05) is 5.32 Å². The standard InChI is InChI=1S/C14H15N5O3/c1-8(2)22-10-5-3-4-9(6-10)12-7-11(13(20)21)15-14-16-17-18-19(12)14/h3-8,12H,1-2H3,(H,20,21)(H,15,16,18). The highest BCUT2D eigenvalue weighted by atomic mass is 16.5. The zero-order chi connectivity index (χ0) is 15.7. The molecule has 1 aliphatic heterocycles. The number of carboxylic acid groups (broad SMARTS) is 1. The number of nitrogens with zero attached hydrogens (tertiary/aromatic N) is 4. The van der Waals surface area contributed by atoms with Gasteiger partial charge in [-0.3, -0.25) is 0 Å². The van der Waals surface area contributed by atoms with Crippen LogP contribution in [0.1, 0.15) is 25.5 Å². The van der Waals surface area contributed by atoms with Gasteiger partial charge in [0, 0.05) is 0 Å². The Hall–Kier alpha value is -2.90. The normalized spacial score (nSPS) is 16.7. The van der Waals surface area contributed by atoms with E-state index in [0.29, 0.717) is 11.7 Å². The Morgan fingerprint density at radius 3 is 3.00 bits per heavy atom. The molecule has 0 saturated heterocycles. The van der Waals surface area contributed by atoms with Gasteiger partial charge in [0.05, 0.1) is 6.10 Å². The molecule has 8 heteroatoms. The molecular weight excluding hydrogens is 286 g/mol. The van der Waals surface area contributed by atoms with Crippen LogP contribution in [0.4, 0.5) is 5.95 Å².